The van der Waals surface area contributed by atoms with Crippen LogP contribution in [0, 0.1) is 5.92 Å². The summed E-state index contributed by atoms with van der Waals surface area (Å²) in [5.41, 5.74) is 0.499. The Morgan fingerprint density at radius 2 is 2.05 bits per heavy atom. The standard InChI is InChI=1S/C15H19Cl2NO/c16-12-6-3-4-10(13(12)17)14-11-5-1-2-7-15(11,19)8-9-18-14/h3-4,6,11,14,18-19H,1-2,5,7-9H2/t11-,14-,15-/m1/s1. The Labute approximate surface area is 124 Å². The molecule has 1 saturated carbocycles. The molecule has 0 amide bonds. The first-order valence-corrected chi connectivity index (χ1v) is 7.77. The topological polar surface area (TPSA) is 32.3 Å². The molecule has 0 aromatic heterocycles. The van der Waals surface area contributed by atoms with Crippen LogP contribution in [-0.4, -0.2) is 17.3 Å². The van der Waals surface area contributed by atoms with E-state index >= 15 is 0 Å². The number of benzene rings is 1. The molecule has 1 saturated heterocycles. The molecule has 4 heteroatoms. The summed E-state index contributed by atoms with van der Waals surface area (Å²) in [5.74, 6) is 0.242. The van der Waals surface area contributed by atoms with E-state index in [-0.39, 0.29) is 12.0 Å². The normalized spacial score (nSPS) is 34.9. The molecule has 0 unspecified atom stereocenters. The monoisotopic (exact) mass is 299 g/mol. The first kappa shape index (κ1) is 13.7. The highest BCUT2D eigenvalue weighted by atomic mass is 35.5. The molecule has 19 heavy (non-hydrogen) atoms. The predicted molar refractivity (Wildman–Crippen MR) is 78.7 cm³/mol. The number of halogens is 2. The maximum Gasteiger partial charge on any atom is 0.0706 e. The zero-order valence-corrected chi connectivity index (χ0v) is 12.3. The summed E-state index contributed by atoms with van der Waals surface area (Å²) >= 11 is 12.5. The lowest BCUT2D eigenvalue weighted by atomic mass is 9.67. The van der Waals surface area contributed by atoms with E-state index in [9.17, 15) is 5.11 Å². The second kappa shape index (κ2) is 5.25. The molecule has 2 nitrogen and oxygen atoms in total. The van der Waals surface area contributed by atoms with Crippen molar-refractivity contribution in [1.82, 2.24) is 5.32 Å². The lowest BCUT2D eigenvalue weighted by Crippen LogP contribution is -2.53. The van der Waals surface area contributed by atoms with Crippen molar-refractivity contribution in [2.24, 2.45) is 5.92 Å². The highest BCUT2D eigenvalue weighted by Gasteiger charge is 2.46. The molecule has 2 fully saturated rings. The van der Waals surface area contributed by atoms with Crippen LogP contribution in [0.15, 0.2) is 18.2 Å². The molecule has 1 aromatic rings. The van der Waals surface area contributed by atoms with Gasteiger partial charge in [-0.3, -0.25) is 0 Å². The summed E-state index contributed by atoms with van der Waals surface area (Å²) in [6.45, 7) is 0.834. The SMILES string of the molecule is O[C@@]12CCCC[C@@H]1[C@@H](c1cccc(Cl)c1Cl)NCC2. The van der Waals surface area contributed by atoms with E-state index in [1.165, 1.54) is 6.42 Å². The maximum absolute atomic E-state index is 10.9. The second-order valence-electron chi connectivity index (χ2n) is 5.78. The fourth-order valence-electron chi connectivity index (χ4n) is 3.71. The Kier molecular flexibility index (Phi) is 3.78. The zero-order chi connectivity index (χ0) is 13.5. The summed E-state index contributed by atoms with van der Waals surface area (Å²) in [5, 5.41) is 15.6. The molecule has 1 aliphatic carbocycles. The third-order valence-electron chi connectivity index (χ3n) is 4.71. The van der Waals surface area contributed by atoms with Crippen molar-refractivity contribution in [3.8, 4) is 0 Å². The molecule has 0 radical (unpaired) electrons. The Balaban J connectivity index is 1.97. The van der Waals surface area contributed by atoms with E-state index in [1.807, 2.05) is 18.2 Å². The number of rotatable bonds is 1. The minimum atomic E-state index is -0.528. The number of nitrogens with one attached hydrogen (secondary N) is 1. The predicted octanol–water partition coefficient (Wildman–Crippen LogP) is 3.95. The van der Waals surface area contributed by atoms with Crippen LogP contribution in [0.5, 0.6) is 0 Å². The Hall–Kier alpha value is -0.280. The van der Waals surface area contributed by atoms with Crippen LogP contribution < -0.4 is 5.32 Å². The zero-order valence-electron chi connectivity index (χ0n) is 10.8. The van der Waals surface area contributed by atoms with Gasteiger partial charge in [0, 0.05) is 12.0 Å². The Bertz CT molecular complexity index is 475. The highest BCUT2D eigenvalue weighted by molar-refractivity contribution is 6.42. The molecule has 1 aliphatic heterocycles. The van der Waals surface area contributed by atoms with Gasteiger partial charge >= 0.3 is 0 Å². The van der Waals surface area contributed by atoms with Gasteiger partial charge in [0.25, 0.3) is 0 Å². The molecule has 104 valence electrons. The van der Waals surface area contributed by atoms with Crippen LogP contribution in [0.1, 0.15) is 43.7 Å². The Morgan fingerprint density at radius 1 is 1.21 bits per heavy atom. The summed E-state index contributed by atoms with van der Waals surface area (Å²) in [6, 6.07) is 5.88. The number of hydrogen-bond donors (Lipinski definition) is 2. The molecule has 1 heterocycles. The van der Waals surface area contributed by atoms with Gasteiger partial charge in [0.2, 0.25) is 0 Å². The third-order valence-corrected chi connectivity index (χ3v) is 5.54. The van der Waals surface area contributed by atoms with Gasteiger partial charge in [0.15, 0.2) is 0 Å². The van der Waals surface area contributed by atoms with E-state index in [0.29, 0.717) is 10.0 Å². The fourth-order valence-corrected chi connectivity index (χ4v) is 4.14. The van der Waals surface area contributed by atoms with Gasteiger partial charge in [-0.2, -0.15) is 0 Å². The van der Waals surface area contributed by atoms with Crippen molar-refractivity contribution in [2.75, 3.05) is 6.54 Å². The van der Waals surface area contributed by atoms with Crippen molar-refractivity contribution in [1.29, 1.82) is 0 Å². The first-order chi connectivity index (χ1) is 9.12. The van der Waals surface area contributed by atoms with Crippen LogP contribution in [0.3, 0.4) is 0 Å². The van der Waals surface area contributed by atoms with Crippen LogP contribution in [-0.2, 0) is 0 Å². The van der Waals surface area contributed by atoms with Gasteiger partial charge in [0.05, 0.1) is 15.6 Å². The van der Waals surface area contributed by atoms with E-state index in [2.05, 4.69) is 5.32 Å². The van der Waals surface area contributed by atoms with E-state index in [1.54, 1.807) is 0 Å². The van der Waals surface area contributed by atoms with Gasteiger partial charge in [-0.25, -0.2) is 0 Å². The molecule has 3 rings (SSSR count). The Morgan fingerprint density at radius 3 is 2.89 bits per heavy atom. The lowest BCUT2D eigenvalue weighted by Gasteiger charge is -2.48. The summed E-state index contributed by atoms with van der Waals surface area (Å²) in [6.07, 6.45) is 5.11. The largest absolute Gasteiger partial charge is 0.389 e. The van der Waals surface area contributed by atoms with Gasteiger partial charge in [0.1, 0.15) is 0 Å². The van der Waals surface area contributed by atoms with Crippen LogP contribution in [0.25, 0.3) is 0 Å². The van der Waals surface area contributed by atoms with Crippen molar-refractivity contribution in [3.63, 3.8) is 0 Å². The van der Waals surface area contributed by atoms with Gasteiger partial charge in [-0.15, -0.1) is 0 Å². The van der Waals surface area contributed by atoms with Crippen molar-refractivity contribution < 1.29 is 5.11 Å². The summed E-state index contributed by atoms with van der Waals surface area (Å²) in [4.78, 5) is 0. The minimum absolute atomic E-state index is 0.116. The summed E-state index contributed by atoms with van der Waals surface area (Å²) in [7, 11) is 0. The van der Waals surface area contributed by atoms with E-state index < -0.39 is 5.60 Å². The van der Waals surface area contributed by atoms with Gasteiger partial charge in [-0.05, 0) is 37.4 Å². The average molecular weight is 300 g/mol. The van der Waals surface area contributed by atoms with Crippen LogP contribution >= 0.6 is 23.2 Å². The molecule has 3 atom stereocenters. The van der Waals surface area contributed by atoms with E-state index in [0.717, 1.165) is 37.8 Å². The van der Waals surface area contributed by atoms with Gasteiger partial charge < -0.3 is 10.4 Å². The van der Waals surface area contributed by atoms with E-state index in [4.69, 9.17) is 23.2 Å². The van der Waals surface area contributed by atoms with Crippen LogP contribution in [0.2, 0.25) is 10.0 Å². The molecule has 1 aromatic carbocycles. The smallest absolute Gasteiger partial charge is 0.0706 e. The van der Waals surface area contributed by atoms with Crippen molar-refractivity contribution >= 4 is 23.2 Å². The number of aliphatic hydroxyl groups is 1. The number of hydrogen-bond acceptors (Lipinski definition) is 2. The van der Waals surface area contributed by atoms with Crippen molar-refractivity contribution in [2.45, 2.75) is 43.7 Å². The minimum Gasteiger partial charge on any atom is -0.389 e. The average Bonchev–Trinajstić information content (AvgIpc) is 2.40. The molecular weight excluding hydrogens is 281 g/mol. The maximum atomic E-state index is 10.9. The lowest BCUT2D eigenvalue weighted by molar-refractivity contribution is -0.0861. The summed E-state index contributed by atoms with van der Waals surface area (Å²) < 4.78 is 0. The van der Waals surface area contributed by atoms with Gasteiger partial charge in [-0.1, -0.05) is 48.2 Å². The quantitative estimate of drug-likeness (QED) is 0.823. The fraction of sp³-hybridized carbons (Fsp3) is 0.600. The first-order valence-electron chi connectivity index (χ1n) is 7.01. The van der Waals surface area contributed by atoms with Crippen molar-refractivity contribution in [3.05, 3.63) is 33.8 Å². The third kappa shape index (κ3) is 2.40. The second-order valence-corrected chi connectivity index (χ2v) is 6.57. The molecule has 2 aliphatic rings. The number of fused-ring (bicyclic) bond motifs is 1. The molecule has 0 bridgehead atoms. The number of piperidine rings is 1. The molecule has 0 spiro atoms. The molecular formula is C15H19Cl2NO. The molecule has 2 N–H and O–H groups in total. The highest BCUT2D eigenvalue weighted by Crippen LogP contribution is 2.47. The van der Waals surface area contributed by atoms with Crippen LogP contribution in [0.4, 0.5) is 0 Å².